The van der Waals surface area contributed by atoms with Gasteiger partial charge < -0.3 is 5.73 Å². The molecular formula is C15H12N4O2S. The fourth-order valence-corrected chi connectivity index (χ4v) is 2.87. The van der Waals surface area contributed by atoms with Crippen LogP contribution >= 0.6 is 11.3 Å². The van der Waals surface area contributed by atoms with Crippen molar-refractivity contribution in [1.29, 1.82) is 0 Å². The van der Waals surface area contributed by atoms with E-state index >= 15 is 0 Å². The first-order chi connectivity index (χ1) is 10.6. The molecule has 0 saturated heterocycles. The van der Waals surface area contributed by atoms with Crippen molar-refractivity contribution in [3.05, 3.63) is 69.3 Å². The van der Waals surface area contributed by atoms with Crippen LogP contribution in [0.4, 0.5) is 11.5 Å². The summed E-state index contributed by atoms with van der Waals surface area (Å²) in [6.45, 7) is 0. The Balaban J connectivity index is 1.92. The highest BCUT2D eigenvalue weighted by Crippen LogP contribution is 2.26. The number of nitrogens with two attached hydrogens (primary N) is 1. The fourth-order valence-electron chi connectivity index (χ4n) is 2.16. The number of nitrogen functional groups attached to an aromatic ring is 1. The first kappa shape index (κ1) is 14.2. The standard InChI is InChI=1S/C15H12N4O2S/c16-14-9-22-15(18-14)11-5-6-17-12(8-11)7-10-3-1-2-4-13(10)19(20)21/h1-6,8-9H,7,16H2. The van der Waals surface area contributed by atoms with Crippen LogP contribution < -0.4 is 5.73 Å². The summed E-state index contributed by atoms with van der Waals surface area (Å²) >= 11 is 1.45. The monoisotopic (exact) mass is 312 g/mol. The number of hydrogen-bond acceptors (Lipinski definition) is 6. The third-order valence-electron chi connectivity index (χ3n) is 3.15. The third-order valence-corrected chi connectivity index (χ3v) is 4.05. The number of pyridine rings is 1. The zero-order valence-corrected chi connectivity index (χ0v) is 12.3. The number of nitro groups is 1. The van der Waals surface area contributed by atoms with E-state index in [0.29, 0.717) is 17.8 Å². The van der Waals surface area contributed by atoms with Crippen molar-refractivity contribution >= 4 is 22.8 Å². The predicted octanol–water partition coefficient (Wildman–Crippen LogP) is 3.29. The largest absolute Gasteiger partial charge is 0.383 e. The summed E-state index contributed by atoms with van der Waals surface area (Å²) in [5.74, 6) is 0.483. The molecule has 6 nitrogen and oxygen atoms in total. The molecule has 3 rings (SSSR count). The van der Waals surface area contributed by atoms with Crippen molar-refractivity contribution in [2.45, 2.75) is 6.42 Å². The number of anilines is 1. The highest BCUT2D eigenvalue weighted by molar-refractivity contribution is 7.13. The van der Waals surface area contributed by atoms with E-state index in [4.69, 9.17) is 5.73 Å². The highest BCUT2D eigenvalue weighted by atomic mass is 32.1. The smallest absolute Gasteiger partial charge is 0.272 e. The van der Waals surface area contributed by atoms with Crippen LogP contribution in [0.25, 0.3) is 10.6 Å². The van der Waals surface area contributed by atoms with Crippen LogP contribution in [0, 0.1) is 10.1 Å². The van der Waals surface area contributed by atoms with Crippen molar-refractivity contribution in [1.82, 2.24) is 9.97 Å². The summed E-state index contributed by atoms with van der Waals surface area (Å²) in [6.07, 6.45) is 2.07. The maximum Gasteiger partial charge on any atom is 0.272 e. The fraction of sp³-hybridized carbons (Fsp3) is 0.0667. The van der Waals surface area contributed by atoms with E-state index in [1.165, 1.54) is 17.4 Å². The molecule has 7 heteroatoms. The molecular weight excluding hydrogens is 300 g/mol. The number of nitro benzene ring substituents is 1. The minimum atomic E-state index is -0.374. The number of thiazole rings is 1. The Bertz CT molecular complexity index is 832. The zero-order chi connectivity index (χ0) is 15.5. The maximum atomic E-state index is 11.1. The van der Waals surface area contributed by atoms with Gasteiger partial charge in [0.25, 0.3) is 5.69 Å². The van der Waals surface area contributed by atoms with Gasteiger partial charge in [0, 0.05) is 40.9 Å². The Morgan fingerprint density at radius 3 is 2.82 bits per heavy atom. The average Bonchev–Trinajstić information content (AvgIpc) is 2.94. The molecule has 0 radical (unpaired) electrons. The quantitative estimate of drug-likeness (QED) is 0.589. The number of para-hydroxylation sites is 1. The minimum absolute atomic E-state index is 0.105. The lowest BCUT2D eigenvalue weighted by atomic mass is 10.1. The first-order valence-corrected chi connectivity index (χ1v) is 7.40. The van der Waals surface area contributed by atoms with Crippen LogP contribution in [-0.4, -0.2) is 14.9 Å². The van der Waals surface area contributed by atoms with E-state index in [9.17, 15) is 10.1 Å². The second kappa shape index (κ2) is 5.90. The summed E-state index contributed by atoms with van der Waals surface area (Å²) in [5, 5.41) is 13.7. The van der Waals surface area contributed by atoms with Crippen LogP contribution in [-0.2, 0) is 6.42 Å². The summed E-state index contributed by atoms with van der Waals surface area (Å²) in [4.78, 5) is 19.2. The van der Waals surface area contributed by atoms with Gasteiger partial charge in [-0.05, 0) is 12.1 Å². The summed E-state index contributed by atoms with van der Waals surface area (Å²) in [6, 6.07) is 10.4. The van der Waals surface area contributed by atoms with Gasteiger partial charge in [0.05, 0.1) is 4.92 Å². The van der Waals surface area contributed by atoms with Gasteiger partial charge in [-0.3, -0.25) is 15.1 Å². The van der Waals surface area contributed by atoms with Crippen molar-refractivity contribution in [3.8, 4) is 10.6 Å². The van der Waals surface area contributed by atoms with E-state index in [1.54, 1.807) is 29.8 Å². The van der Waals surface area contributed by atoms with Gasteiger partial charge in [-0.15, -0.1) is 11.3 Å². The van der Waals surface area contributed by atoms with Crippen molar-refractivity contribution in [2.75, 3.05) is 5.73 Å². The van der Waals surface area contributed by atoms with E-state index in [0.717, 1.165) is 16.3 Å². The first-order valence-electron chi connectivity index (χ1n) is 6.52. The third kappa shape index (κ3) is 2.94. The summed E-state index contributed by atoms with van der Waals surface area (Å²) in [5.41, 5.74) is 8.04. The van der Waals surface area contributed by atoms with Gasteiger partial charge in [-0.1, -0.05) is 18.2 Å². The molecule has 2 aromatic heterocycles. The normalized spacial score (nSPS) is 10.5. The van der Waals surface area contributed by atoms with Gasteiger partial charge in [0.2, 0.25) is 0 Å². The molecule has 0 spiro atoms. The molecule has 0 aliphatic heterocycles. The molecule has 110 valence electrons. The number of rotatable bonds is 4. The number of aromatic nitrogens is 2. The minimum Gasteiger partial charge on any atom is -0.383 e. The lowest BCUT2D eigenvalue weighted by Crippen LogP contribution is -1.98. The highest BCUT2D eigenvalue weighted by Gasteiger charge is 2.13. The van der Waals surface area contributed by atoms with E-state index in [2.05, 4.69) is 9.97 Å². The average molecular weight is 312 g/mol. The molecule has 0 saturated carbocycles. The van der Waals surface area contributed by atoms with E-state index in [-0.39, 0.29) is 10.6 Å². The molecule has 3 aromatic rings. The van der Waals surface area contributed by atoms with Gasteiger partial charge >= 0.3 is 0 Å². The van der Waals surface area contributed by atoms with Crippen molar-refractivity contribution in [3.63, 3.8) is 0 Å². The molecule has 0 unspecified atom stereocenters. The molecule has 0 atom stereocenters. The molecule has 0 amide bonds. The number of benzene rings is 1. The van der Waals surface area contributed by atoms with Crippen LogP contribution in [0.1, 0.15) is 11.3 Å². The second-order valence-electron chi connectivity index (χ2n) is 4.68. The van der Waals surface area contributed by atoms with Crippen molar-refractivity contribution < 1.29 is 4.92 Å². The second-order valence-corrected chi connectivity index (χ2v) is 5.53. The van der Waals surface area contributed by atoms with Gasteiger partial charge in [0.15, 0.2) is 0 Å². The van der Waals surface area contributed by atoms with Gasteiger partial charge in [-0.25, -0.2) is 4.98 Å². The molecule has 0 aliphatic carbocycles. The van der Waals surface area contributed by atoms with Crippen LogP contribution in [0.5, 0.6) is 0 Å². The topological polar surface area (TPSA) is 94.9 Å². The molecule has 0 fully saturated rings. The summed E-state index contributed by atoms with van der Waals surface area (Å²) < 4.78 is 0. The molecule has 2 N–H and O–H groups in total. The van der Waals surface area contributed by atoms with Gasteiger partial charge in [0.1, 0.15) is 10.8 Å². The molecule has 0 aliphatic rings. The maximum absolute atomic E-state index is 11.1. The lowest BCUT2D eigenvalue weighted by Gasteiger charge is -2.04. The molecule has 0 bridgehead atoms. The number of nitrogens with zero attached hydrogens (tertiary/aromatic N) is 3. The Morgan fingerprint density at radius 2 is 2.09 bits per heavy atom. The Morgan fingerprint density at radius 1 is 1.27 bits per heavy atom. The van der Waals surface area contributed by atoms with Crippen LogP contribution in [0.3, 0.4) is 0 Å². The Hall–Kier alpha value is -2.80. The summed E-state index contributed by atoms with van der Waals surface area (Å²) in [7, 11) is 0. The molecule has 2 heterocycles. The molecule has 1 aromatic carbocycles. The number of hydrogen-bond donors (Lipinski definition) is 1. The Kier molecular flexibility index (Phi) is 3.80. The molecule has 22 heavy (non-hydrogen) atoms. The SMILES string of the molecule is Nc1csc(-c2ccnc(Cc3ccccc3[N+](=O)[O-])c2)n1. The van der Waals surface area contributed by atoms with Gasteiger partial charge in [-0.2, -0.15) is 0 Å². The Labute approximate surface area is 130 Å². The van der Waals surface area contributed by atoms with Crippen LogP contribution in [0.15, 0.2) is 48.0 Å². The predicted molar refractivity (Wildman–Crippen MR) is 85.7 cm³/mol. The van der Waals surface area contributed by atoms with Crippen LogP contribution in [0.2, 0.25) is 0 Å². The zero-order valence-electron chi connectivity index (χ0n) is 11.5. The van der Waals surface area contributed by atoms with E-state index in [1.807, 2.05) is 12.1 Å². The van der Waals surface area contributed by atoms with E-state index < -0.39 is 0 Å². The lowest BCUT2D eigenvalue weighted by molar-refractivity contribution is -0.385. The van der Waals surface area contributed by atoms with Crippen molar-refractivity contribution in [2.24, 2.45) is 0 Å².